The van der Waals surface area contributed by atoms with E-state index in [4.69, 9.17) is 0 Å². The molecular formula is C17H29NO. The van der Waals surface area contributed by atoms with Crippen molar-refractivity contribution in [3.63, 3.8) is 0 Å². The molecule has 0 saturated heterocycles. The van der Waals surface area contributed by atoms with Gasteiger partial charge in [0.25, 0.3) is 0 Å². The molecule has 0 amide bonds. The second kappa shape index (κ2) is 7.06. The van der Waals surface area contributed by atoms with Crippen LogP contribution in [0.5, 0.6) is 0 Å². The maximum Gasteiger partial charge on any atom is 0.0494 e. The van der Waals surface area contributed by atoms with E-state index in [0.29, 0.717) is 12.0 Å². The lowest BCUT2D eigenvalue weighted by molar-refractivity contribution is 0.154. The highest BCUT2D eigenvalue weighted by Crippen LogP contribution is 2.18. The smallest absolute Gasteiger partial charge is 0.0494 e. The van der Waals surface area contributed by atoms with Gasteiger partial charge in [0, 0.05) is 24.6 Å². The summed E-state index contributed by atoms with van der Waals surface area (Å²) in [6.45, 7) is 11.8. The van der Waals surface area contributed by atoms with E-state index in [1.807, 2.05) is 0 Å². The summed E-state index contributed by atoms with van der Waals surface area (Å²) < 4.78 is 0. The summed E-state index contributed by atoms with van der Waals surface area (Å²) >= 11 is 0. The number of benzene rings is 1. The van der Waals surface area contributed by atoms with Crippen molar-refractivity contribution >= 4 is 0 Å². The van der Waals surface area contributed by atoms with Gasteiger partial charge in [0.15, 0.2) is 0 Å². The molecule has 0 saturated carbocycles. The average Bonchev–Trinajstić information content (AvgIpc) is 2.36. The monoisotopic (exact) mass is 263 g/mol. The molecule has 1 aromatic rings. The molecule has 1 rings (SSSR count). The van der Waals surface area contributed by atoms with Crippen LogP contribution >= 0.6 is 0 Å². The zero-order chi connectivity index (χ0) is 14.5. The van der Waals surface area contributed by atoms with Crippen LogP contribution in [0, 0.1) is 11.3 Å². The van der Waals surface area contributed by atoms with Gasteiger partial charge < -0.3 is 10.4 Å². The Kier molecular flexibility index (Phi) is 6.02. The summed E-state index contributed by atoms with van der Waals surface area (Å²) in [5, 5.41) is 12.7. The first kappa shape index (κ1) is 16.2. The minimum Gasteiger partial charge on any atom is -0.396 e. The lowest BCUT2D eigenvalue weighted by Gasteiger charge is -2.25. The summed E-state index contributed by atoms with van der Waals surface area (Å²) in [5.74, 6) is 0.701. The molecule has 0 bridgehead atoms. The largest absolute Gasteiger partial charge is 0.396 e. The van der Waals surface area contributed by atoms with Crippen LogP contribution in [0.3, 0.4) is 0 Å². The van der Waals surface area contributed by atoms with Gasteiger partial charge in [0.05, 0.1) is 0 Å². The van der Waals surface area contributed by atoms with E-state index in [2.05, 4.69) is 64.2 Å². The molecule has 2 nitrogen and oxygen atoms in total. The summed E-state index contributed by atoms with van der Waals surface area (Å²) in [6.07, 6.45) is 1.14. The summed E-state index contributed by atoms with van der Waals surface area (Å²) in [7, 11) is 0. The third kappa shape index (κ3) is 5.75. The molecule has 0 heterocycles. The third-order valence-corrected chi connectivity index (χ3v) is 3.44. The summed E-state index contributed by atoms with van der Waals surface area (Å²) in [6, 6.07) is 9.19. The van der Waals surface area contributed by atoms with Crippen molar-refractivity contribution in [3.05, 3.63) is 35.4 Å². The van der Waals surface area contributed by atoms with Gasteiger partial charge in [0.1, 0.15) is 0 Å². The Morgan fingerprint density at radius 3 is 2.16 bits per heavy atom. The molecule has 19 heavy (non-hydrogen) atoms. The quantitative estimate of drug-likeness (QED) is 0.788. The fourth-order valence-corrected chi connectivity index (χ4v) is 2.02. The number of hydrogen-bond donors (Lipinski definition) is 2. The zero-order valence-electron chi connectivity index (χ0n) is 13.0. The average molecular weight is 263 g/mol. The van der Waals surface area contributed by atoms with Crippen molar-refractivity contribution in [2.45, 2.75) is 47.1 Å². The Labute approximate surface area is 118 Å². The third-order valence-electron chi connectivity index (χ3n) is 3.44. The van der Waals surface area contributed by atoms with Gasteiger partial charge in [-0.15, -0.1) is 0 Å². The van der Waals surface area contributed by atoms with Gasteiger partial charge in [-0.2, -0.15) is 0 Å². The fraction of sp³-hybridized carbons (Fsp3) is 0.647. The summed E-state index contributed by atoms with van der Waals surface area (Å²) in [4.78, 5) is 0. The van der Waals surface area contributed by atoms with Gasteiger partial charge >= 0.3 is 0 Å². The Hall–Kier alpha value is -0.860. The SMILES string of the molecule is CC(C)Cc1ccc(C(C)NCC(C)(C)CO)cc1. The van der Waals surface area contributed by atoms with E-state index >= 15 is 0 Å². The van der Waals surface area contributed by atoms with E-state index in [1.54, 1.807) is 0 Å². The predicted molar refractivity (Wildman–Crippen MR) is 82.3 cm³/mol. The molecule has 0 aliphatic heterocycles. The normalized spacial score (nSPS) is 13.8. The highest BCUT2D eigenvalue weighted by molar-refractivity contribution is 5.25. The second-order valence-electron chi connectivity index (χ2n) is 6.76. The Morgan fingerprint density at radius 1 is 1.11 bits per heavy atom. The van der Waals surface area contributed by atoms with Crippen molar-refractivity contribution < 1.29 is 5.11 Å². The van der Waals surface area contributed by atoms with Gasteiger partial charge in [-0.25, -0.2) is 0 Å². The van der Waals surface area contributed by atoms with Gasteiger partial charge in [-0.05, 0) is 30.4 Å². The first-order valence-corrected chi connectivity index (χ1v) is 7.27. The van der Waals surface area contributed by atoms with E-state index in [-0.39, 0.29) is 12.0 Å². The molecule has 0 aliphatic rings. The number of nitrogens with one attached hydrogen (secondary N) is 1. The molecule has 1 unspecified atom stereocenters. The molecule has 0 radical (unpaired) electrons. The molecule has 0 fully saturated rings. The van der Waals surface area contributed by atoms with Crippen LogP contribution < -0.4 is 5.32 Å². The van der Waals surface area contributed by atoms with Crippen LogP contribution in [0.2, 0.25) is 0 Å². The van der Waals surface area contributed by atoms with Crippen molar-refractivity contribution in [2.75, 3.05) is 13.2 Å². The van der Waals surface area contributed by atoms with Gasteiger partial charge in [-0.3, -0.25) is 0 Å². The molecule has 2 N–H and O–H groups in total. The molecule has 0 aliphatic carbocycles. The Balaban J connectivity index is 2.55. The summed E-state index contributed by atoms with van der Waals surface area (Å²) in [5.41, 5.74) is 2.65. The number of aliphatic hydroxyl groups is 1. The number of aliphatic hydroxyl groups excluding tert-OH is 1. The van der Waals surface area contributed by atoms with Crippen LogP contribution in [0.25, 0.3) is 0 Å². The minimum atomic E-state index is -0.0636. The van der Waals surface area contributed by atoms with Crippen molar-refractivity contribution in [3.8, 4) is 0 Å². The molecule has 1 atom stereocenters. The molecule has 0 aromatic heterocycles. The fourth-order valence-electron chi connectivity index (χ4n) is 2.02. The molecule has 0 spiro atoms. The topological polar surface area (TPSA) is 32.3 Å². The molecule has 108 valence electrons. The van der Waals surface area contributed by atoms with Crippen LogP contribution in [-0.4, -0.2) is 18.3 Å². The Morgan fingerprint density at radius 2 is 1.68 bits per heavy atom. The van der Waals surface area contributed by atoms with Crippen molar-refractivity contribution in [2.24, 2.45) is 11.3 Å². The zero-order valence-corrected chi connectivity index (χ0v) is 13.0. The number of hydrogen-bond acceptors (Lipinski definition) is 2. The lowest BCUT2D eigenvalue weighted by atomic mass is 9.94. The van der Waals surface area contributed by atoms with E-state index in [0.717, 1.165) is 13.0 Å². The predicted octanol–water partition coefficient (Wildman–Crippen LogP) is 3.55. The molecular weight excluding hydrogens is 234 g/mol. The molecule has 2 heteroatoms. The Bertz CT molecular complexity index is 367. The second-order valence-corrected chi connectivity index (χ2v) is 6.76. The standard InChI is InChI=1S/C17H29NO/c1-13(2)10-15-6-8-16(9-7-15)14(3)18-11-17(4,5)12-19/h6-9,13-14,18-19H,10-12H2,1-5H3. The minimum absolute atomic E-state index is 0.0636. The lowest BCUT2D eigenvalue weighted by Crippen LogP contribution is -2.33. The number of rotatable bonds is 7. The maximum absolute atomic E-state index is 9.26. The highest BCUT2D eigenvalue weighted by Gasteiger charge is 2.17. The van der Waals surface area contributed by atoms with E-state index in [1.165, 1.54) is 11.1 Å². The van der Waals surface area contributed by atoms with Crippen LogP contribution in [0.4, 0.5) is 0 Å². The highest BCUT2D eigenvalue weighted by atomic mass is 16.3. The van der Waals surface area contributed by atoms with Crippen molar-refractivity contribution in [1.82, 2.24) is 5.32 Å². The molecule has 1 aromatic carbocycles. The maximum atomic E-state index is 9.26. The van der Waals surface area contributed by atoms with Gasteiger partial charge in [-0.1, -0.05) is 52.0 Å². The van der Waals surface area contributed by atoms with Crippen LogP contribution in [-0.2, 0) is 6.42 Å². The van der Waals surface area contributed by atoms with Crippen LogP contribution in [0.15, 0.2) is 24.3 Å². The van der Waals surface area contributed by atoms with Crippen molar-refractivity contribution in [1.29, 1.82) is 0 Å². The van der Waals surface area contributed by atoms with E-state index in [9.17, 15) is 5.11 Å². The first-order valence-electron chi connectivity index (χ1n) is 7.27. The van der Waals surface area contributed by atoms with E-state index < -0.39 is 0 Å². The first-order chi connectivity index (χ1) is 8.84. The van der Waals surface area contributed by atoms with Crippen LogP contribution in [0.1, 0.15) is 51.8 Å². The van der Waals surface area contributed by atoms with Gasteiger partial charge in [0.2, 0.25) is 0 Å².